The summed E-state index contributed by atoms with van der Waals surface area (Å²) in [5.74, 6) is 1.13. The zero-order valence-electron chi connectivity index (χ0n) is 10.6. The molecule has 0 bridgehead atoms. The minimum Gasteiger partial charge on any atom is -0.497 e. The van der Waals surface area contributed by atoms with Gasteiger partial charge in [0.1, 0.15) is 5.75 Å². The number of anilines is 1. The van der Waals surface area contributed by atoms with Gasteiger partial charge >= 0.3 is 0 Å². The molecule has 0 spiro atoms. The van der Waals surface area contributed by atoms with Gasteiger partial charge in [-0.25, -0.2) is 4.98 Å². The number of hydrogen-bond donors (Lipinski definition) is 1. The largest absolute Gasteiger partial charge is 0.497 e. The van der Waals surface area contributed by atoms with Crippen molar-refractivity contribution in [1.82, 2.24) is 4.98 Å². The Morgan fingerprint density at radius 3 is 3.11 bits per heavy atom. The van der Waals surface area contributed by atoms with E-state index in [0.717, 1.165) is 41.3 Å². The summed E-state index contributed by atoms with van der Waals surface area (Å²) in [6.07, 6.45) is 3.22. The van der Waals surface area contributed by atoms with E-state index in [1.54, 1.807) is 18.4 Å². The molecule has 3 nitrogen and oxygen atoms in total. The number of nitrogens with zero attached hydrogens (tertiary/aromatic N) is 1. The number of nitrogen functional groups attached to an aromatic ring is 1. The van der Waals surface area contributed by atoms with E-state index in [-0.39, 0.29) is 0 Å². The van der Waals surface area contributed by atoms with Crippen molar-refractivity contribution in [2.75, 3.05) is 12.8 Å². The molecule has 2 N–H and O–H groups in total. The molecule has 1 atom stereocenters. The van der Waals surface area contributed by atoms with Crippen LogP contribution in [0.5, 0.6) is 5.75 Å². The number of hydrogen-bond acceptors (Lipinski definition) is 4. The third kappa shape index (κ3) is 2.30. The van der Waals surface area contributed by atoms with Crippen molar-refractivity contribution in [3.8, 4) is 5.75 Å². The third-order valence-corrected chi connectivity index (χ3v) is 4.93. The van der Waals surface area contributed by atoms with Crippen LogP contribution in [0.4, 0.5) is 5.13 Å². The molecule has 19 heavy (non-hydrogen) atoms. The molecule has 0 fully saturated rings. The van der Waals surface area contributed by atoms with E-state index in [1.807, 2.05) is 18.2 Å². The molecule has 1 heterocycles. The second-order valence-corrected chi connectivity index (χ2v) is 6.16. The Morgan fingerprint density at radius 2 is 2.32 bits per heavy atom. The standard InChI is InChI=1S/C14H15ClN2OS/c1-18-8-5-6-11(15)10(7-8)9-3-2-4-12-13(9)19-14(16)17-12/h5-7,9H,2-4H2,1H3,(H2,16,17). The predicted molar refractivity (Wildman–Crippen MR) is 79.3 cm³/mol. The van der Waals surface area contributed by atoms with Crippen LogP contribution in [0, 0.1) is 0 Å². The van der Waals surface area contributed by atoms with Crippen molar-refractivity contribution in [1.29, 1.82) is 0 Å². The maximum Gasteiger partial charge on any atom is 0.180 e. The molecule has 0 amide bonds. The fourth-order valence-corrected chi connectivity index (χ4v) is 3.93. The lowest BCUT2D eigenvalue weighted by molar-refractivity contribution is 0.414. The third-order valence-electron chi connectivity index (χ3n) is 3.55. The van der Waals surface area contributed by atoms with E-state index in [9.17, 15) is 0 Å². The van der Waals surface area contributed by atoms with Crippen LogP contribution in [0.25, 0.3) is 0 Å². The number of ether oxygens (including phenoxy) is 1. The summed E-state index contributed by atoms with van der Waals surface area (Å²) in [5.41, 5.74) is 8.10. The number of methoxy groups -OCH3 is 1. The normalized spacial score (nSPS) is 18.1. The summed E-state index contributed by atoms with van der Waals surface area (Å²) in [4.78, 5) is 5.68. The topological polar surface area (TPSA) is 48.1 Å². The number of nitrogens with two attached hydrogens (primary N) is 1. The van der Waals surface area contributed by atoms with Crippen molar-refractivity contribution in [2.24, 2.45) is 0 Å². The van der Waals surface area contributed by atoms with Crippen LogP contribution >= 0.6 is 22.9 Å². The molecular formula is C14H15ClN2OS. The van der Waals surface area contributed by atoms with Gasteiger partial charge in [0.25, 0.3) is 0 Å². The van der Waals surface area contributed by atoms with E-state index >= 15 is 0 Å². The molecule has 2 aromatic rings. The number of rotatable bonds is 2. The molecule has 0 saturated carbocycles. The molecule has 1 aliphatic carbocycles. The number of fused-ring (bicyclic) bond motifs is 1. The first-order chi connectivity index (χ1) is 9.19. The van der Waals surface area contributed by atoms with E-state index in [4.69, 9.17) is 22.1 Å². The van der Waals surface area contributed by atoms with Crippen molar-refractivity contribution in [3.63, 3.8) is 0 Å². The molecule has 0 saturated heterocycles. The molecule has 0 aliphatic heterocycles. The Labute approximate surface area is 121 Å². The predicted octanol–water partition coefficient (Wildman–Crippen LogP) is 3.86. The lowest BCUT2D eigenvalue weighted by atomic mass is 9.86. The van der Waals surface area contributed by atoms with Gasteiger partial charge in [0.2, 0.25) is 0 Å². The molecule has 1 aliphatic rings. The minimum atomic E-state index is 0.293. The van der Waals surface area contributed by atoms with Crippen molar-refractivity contribution < 1.29 is 4.74 Å². The van der Waals surface area contributed by atoms with E-state index in [1.165, 1.54) is 4.88 Å². The number of thiazole rings is 1. The highest BCUT2D eigenvalue weighted by Gasteiger charge is 2.27. The molecule has 5 heteroatoms. The lowest BCUT2D eigenvalue weighted by Crippen LogP contribution is -2.09. The number of aromatic nitrogens is 1. The zero-order valence-corrected chi connectivity index (χ0v) is 12.2. The number of aryl methyl sites for hydroxylation is 1. The second-order valence-electron chi connectivity index (χ2n) is 4.70. The fourth-order valence-electron chi connectivity index (χ4n) is 2.65. The maximum atomic E-state index is 6.36. The summed E-state index contributed by atoms with van der Waals surface area (Å²) in [5, 5.41) is 1.43. The summed E-state index contributed by atoms with van der Waals surface area (Å²) in [6, 6.07) is 5.81. The maximum absolute atomic E-state index is 6.36. The lowest BCUT2D eigenvalue weighted by Gasteiger charge is -2.23. The van der Waals surface area contributed by atoms with Gasteiger partial charge in [-0.15, -0.1) is 11.3 Å². The van der Waals surface area contributed by atoms with Gasteiger partial charge in [-0.05, 0) is 43.0 Å². The molecule has 1 aromatic carbocycles. The van der Waals surface area contributed by atoms with Crippen molar-refractivity contribution in [2.45, 2.75) is 25.2 Å². The summed E-state index contributed by atoms with van der Waals surface area (Å²) >= 11 is 7.94. The van der Waals surface area contributed by atoms with Crippen molar-refractivity contribution in [3.05, 3.63) is 39.4 Å². The average molecular weight is 295 g/mol. The summed E-state index contributed by atoms with van der Waals surface area (Å²) < 4.78 is 5.30. The van der Waals surface area contributed by atoms with Crippen LogP contribution in [0.1, 0.15) is 34.9 Å². The smallest absolute Gasteiger partial charge is 0.180 e. The molecule has 3 rings (SSSR count). The Morgan fingerprint density at radius 1 is 1.47 bits per heavy atom. The molecule has 1 aromatic heterocycles. The summed E-state index contributed by atoms with van der Waals surface area (Å²) in [6.45, 7) is 0. The van der Waals surface area contributed by atoms with Gasteiger partial charge in [-0.3, -0.25) is 0 Å². The van der Waals surface area contributed by atoms with Gasteiger partial charge in [-0.1, -0.05) is 11.6 Å². The van der Waals surface area contributed by atoms with E-state index in [0.29, 0.717) is 11.0 Å². The Balaban J connectivity index is 2.08. The molecule has 0 radical (unpaired) electrons. The molecular weight excluding hydrogens is 280 g/mol. The van der Waals surface area contributed by atoms with Crippen LogP contribution in [-0.4, -0.2) is 12.1 Å². The van der Waals surface area contributed by atoms with Crippen LogP contribution < -0.4 is 10.5 Å². The number of benzene rings is 1. The second kappa shape index (κ2) is 5.02. The first-order valence-electron chi connectivity index (χ1n) is 6.27. The highest BCUT2D eigenvalue weighted by Crippen LogP contribution is 2.43. The highest BCUT2D eigenvalue weighted by atomic mass is 35.5. The van der Waals surface area contributed by atoms with Crippen molar-refractivity contribution >= 4 is 28.1 Å². The Kier molecular flexibility index (Phi) is 3.37. The van der Waals surface area contributed by atoms with Gasteiger partial charge in [0, 0.05) is 15.8 Å². The monoisotopic (exact) mass is 294 g/mol. The molecule has 100 valence electrons. The zero-order chi connectivity index (χ0) is 13.4. The Bertz CT molecular complexity index is 611. The number of halogens is 1. The quantitative estimate of drug-likeness (QED) is 0.915. The average Bonchev–Trinajstić information content (AvgIpc) is 2.79. The van der Waals surface area contributed by atoms with Gasteiger partial charge in [0.15, 0.2) is 5.13 Å². The van der Waals surface area contributed by atoms with Crippen LogP contribution in [0.3, 0.4) is 0 Å². The van der Waals surface area contributed by atoms with Crippen LogP contribution in [-0.2, 0) is 6.42 Å². The van der Waals surface area contributed by atoms with E-state index < -0.39 is 0 Å². The Hall–Kier alpha value is -1.26. The fraction of sp³-hybridized carbons (Fsp3) is 0.357. The summed E-state index contributed by atoms with van der Waals surface area (Å²) in [7, 11) is 1.67. The van der Waals surface area contributed by atoms with Gasteiger partial charge in [0.05, 0.1) is 12.8 Å². The molecule has 1 unspecified atom stereocenters. The first kappa shape index (κ1) is 12.8. The van der Waals surface area contributed by atoms with Crippen LogP contribution in [0.2, 0.25) is 5.02 Å². The van der Waals surface area contributed by atoms with Crippen LogP contribution in [0.15, 0.2) is 18.2 Å². The van der Waals surface area contributed by atoms with Gasteiger partial charge < -0.3 is 10.5 Å². The van der Waals surface area contributed by atoms with Gasteiger partial charge in [-0.2, -0.15) is 0 Å². The minimum absolute atomic E-state index is 0.293. The highest BCUT2D eigenvalue weighted by molar-refractivity contribution is 7.15. The SMILES string of the molecule is COc1ccc(Cl)c(C2CCCc3nc(N)sc32)c1. The first-order valence-corrected chi connectivity index (χ1v) is 7.47. The van der Waals surface area contributed by atoms with E-state index in [2.05, 4.69) is 4.98 Å².